The molecule has 0 unspecified atom stereocenters. The van der Waals surface area contributed by atoms with Gasteiger partial charge in [0.15, 0.2) is 0 Å². The third-order valence-corrected chi connectivity index (χ3v) is 6.80. The van der Waals surface area contributed by atoms with Gasteiger partial charge >= 0.3 is 0 Å². The maximum absolute atomic E-state index is 13.0. The number of piperidine rings is 1. The van der Waals surface area contributed by atoms with Gasteiger partial charge in [0.25, 0.3) is 0 Å². The third-order valence-electron chi connectivity index (χ3n) is 4.92. The topological polar surface area (TPSA) is 108 Å². The molecular formula is C16H24N2O6S. The number of nitrogens with zero attached hydrogens (tertiary/aromatic N) is 1. The number of hydrogen-bond donors (Lipinski definition) is 3. The van der Waals surface area contributed by atoms with Crippen LogP contribution in [0.15, 0.2) is 17.0 Å². The van der Waals surface area contributed by atoms with E-state index in [1.54, 1.807) is 0 Å². The van der Waals surface area contributed by atoms with Crippen molar-refractivity contribution in [1.82, 2.24) is 9.62 Å². The second-order valence-electron chi connectivity index (χ2n) is 6.25. The van der Waals surface area contributed by atoms with Crippen molar-refractivity contribution in [1.29, 1.82) is 0 Å². The summed E-state index contributed by atoms with van der Waals surface area (Å²) in [4.78, 5) is 0.0573. The molecule has 2 fully saturated rings. The Morgan fingerprint density at radius 3 is 2.52 bits per heavy atom. The predicted octanol–water partition coefficient (Wildman–Crippen LogP) is -0.220. The molecule has 0 amide bonds. The summed E-state index contributed by atoms with van der Waals surface area (Å²) >= 11 is 0. The number of nitrogens with one attached hydrogen (secondary N) is 1. The van der Waals surface area contributed by atoms with Gasteiger partial charge in [-0.05, 0) is 11.6 Å². The summed E-state index contributed by atoms with van der Waals surface area (Å²) < 4.78 is 38.3. The Labute approximate surface area is 147 Å². The Kier molecular flexibility index (Phi) is 5.33. The van der Waals surface area contributed by atoms with Crippen molar-refractivity contribution in [3.8, 4) is 5.75 Å². The average molecular weight is 372 g/mol. The molecule has 9 heteroatoms. The zero-order valence-corrected chi connectivity index (χ0v) is 15.0. The number of methoxy groups -OCH3 is 1. The lowest BCUT2D eigenvalue weighted by Crippen LogP contribution is -2.52. The molecule has 1 aromatic carbocycles. The minimum absolute atomic E-state index is 0.0573. The SMILES string of the molecule is COc1cc(S(=O)(=O)N2CCC3(CC2)NCCO3)cc(CO)c1CO. The van der Waals surface area contributed by atoms with Crippen LogP contribution >= 0.6 is 0 Å². The largest absolute Gasteiger partial charge is 0.496 e. The number of hydrogen-bond acceptors (Lipinski definition) is 7. The lowest BCUT2D eigenvalue weighted by atomic mass is 10.0. The number of ether oxygens (including phenoxy) is 2. The van der Waals surface area contributed by atoms with E-state index in [-0.39, 0.29) is 23.9 Å². The van der Waals surface area contributed by atoms with Crippen molar-refractivity contribution in [2.24, 2.45) is 0 Å². The summed E-state index contributed by atoms with van der Waals surface area (Å²) in [6, 6.07) is 2.80. The fraction of sp³-hybridized carbons (Fsp3) is 0.625. The van der Waals surface area contributed by atoms with E-state index < -0.39 is 15.7 Å². The van der Waals surface area contributed by atoms with Crippen LogP contribution in [0.5, 0.6) is 5.75 Å². The maximum atomic E-state index is 13.0. The molecule has 2 aliphatic heterocycles. The monoisotopic (exact) mass is 372 g/mol. The highest BCUT2D eigenvalue weighted by Crippen LogP contribution is 2.32. The molecule has 140 valence electrons. The predicted molar refractivity (Wildman–Crippen MR) is 89.5 cm³/mol. The zero-order chi connectivity index (χ0) is 18.1. The van der Waals surface area contributed by atoms with Gasteiger partial charge in [0.2, 0.25) is 10.0 Å². The number of aliphatic hydroxyl groups is 2. The van der Waals surface area contributed by atoms with E-state index in [1.807, 2.05) is 0 Å². The molecule has 0 saturated carbocycles. The molecule has 3 N–H and O–H groups in total. The van der Waals surface area contributed by atoms with Gasteiger partial charge in [0.05, 0.1) is 31.8 Å². The lowest BCUT2D eigenvalue weighted by molar-refractivity contribution is -0.0445. The van der Waals surface area contributed by atoms with Gasteiger partial charge < -0.3 is 19.7 Å². The molecule has 8 nitrogen and oxygen atoms in total. The molecule has 2 saturated heterocycles. The third kappa shape index (κ3) is 3.40. The van der Waals surface area contributed by atoms with Gasteiger partial charge in [-0.1, -0.05) is 0 Å². The van der Waals surface area contributed by atoms with Crippen LogP contribution in [0.25, 0.3) is 0 Å². The summed E-state index contributed by atoms with van der Waals surface area (Å²) in [5, 5.41) is 22.3. The molecule has 0 radical (unpaired) electrons. The van der Waals surface area contributed by atoms with Crippen LogP contribution in [0.4, 0.5) is 0 Å². The second kappa shape index (κ2) is 7.18. The number of sulfonamides is 1. The standard InChI is InChI=1S/C16H24N2O6S/c1-23-15-9-13(8-12(10-19)14(15)11-20)25(21,22)18-5-2-16(3-6-18)17-4-7-24-16/h8-9,17,19-20H,2-7,10-11H2,1H3. The number of benzene rings is 1. The fourth-order valence-electron chi connectivity index (χ4n) is 3.46. The molecule has 0 bridgehead atoms. The lowest BCUT2D eigenvalue weighted by Gasteiger charge is -2.37. The van der Waals surface area contributed by atoms with Crippen LogP contribution in [0.2, 0.25) is 0 Å². The van der Waals surface area contributed by atoms with E-state index in [1.165, 1.54) is 23.5 Å². The first-order valence-electron chi connectivity index (χ1n) is 8.26. The first-order valence-corrected chi connectivity index (χ1v) is 9.70. The Morgan fingerprint density at radius 2 is 2.00 bits per heavy atom. The van der Waals surface area contributed by atoms with Crippen molar-refractivity contribution >= 4 is 10.0 Å². The summed E-state index contributed by atoms with van der Waals surface area (Å²) in [7, 11) is -2.32. The average Bonchev–Trinajstić information content (AvgIpc) is 3.08. The van der Waals surface area contributed by atoms with Crippen molar-refractivity contribution in [2.45, 2.75) is 36.7 Å². The Morgan fingerprint density at radius 1 is 1.28 bits per heavy atom. The van der Waals surface area contributed by atoms with Gasteiger partial charge in [-0.2, -0.15) is 4.31 Å². The summed E-state index contributed by atoms with van der Waals surface area (Å²) in [6.07, 6.45) is 1.18. The highest BCUT2D eigenvalue weighted by Gasteiger charge is 2.41. The smallest absolute Gasteiger partial charge is 0.243 e. The van der Waals surface area contributed by atoms with Gasteiger partial charge in [0, 0.05) is 44.1 Å². The van der Waals surface area contributed by atoms with E-state index in [0.717, 1.165) is 6.54 Å². The molecule has 2 heterocycles. The van der Waals surface area contributed by atoms with Gasteiger partial charge in [0.1, 0.15) is 11.5 Å². The summed E-state index contributed by atoms with van der Waals surface area (Å²) in [6.45, 7) is 1.42. The Hall–Kier alpha value is -1.23. The van der Waals surface area contributed by atoms with Crippen LogP contribution in [-0.4, -0.2) is 62.0 Å². The van der Waals surface area contributed by atoms with Crippen LogP contribution in [0, 0.1) is 0 Å². The molecule has 1 aromatic rings. The summed E-state index contributed by atoms with van der Waals surface area (Å²) in [5.41, 5.74) is 0.334. The molecule has 3 rings (SSSR count). The normalized spacial score (nSPS) is 20.9. The van der Waals surface area contributed by atoms with Crippen LogP contribution in [-0.2, 0) is 28.0 Å². The van der Waals surface area contributed by atoms with E-state index in [9.17, 15) is 18.6 Å². The van der Waals surface area contributed by atoms with Gasteiger partial charge in [-0.3, -0.25) is 5.32 Å². The maximum Gasteiger partial charge on any atom is 0.243 e. The zero-order valence-electron chi connectivity index (χ0n) is 14.2. The molecule has 1 spiro atoms. The minimum atomic E-state index is -3.72. The highest BCUT2D eigenvalue weighted by molar-refractivity contribution is 7.89. The van der Waals surface area contributed by atoms with Crippen molar-refractivity contribution in [3.63, 3.8) is 0 Å². The quantitative estimate of drug-likeness (QED) is 0.656. The van der Waals surface area contributed by atoms with Crippen molar-refractivity contribution in [3.05, 3.63) is 23.3 Å². The second-order valence-corrected chi connectivity index (χ2v) is 8.19. The van der Waals surface area contributed by atoms with Crippen LogP contribution in [0.1, 0.15) is 24.0 Å². The van der Waals surface area contributed by atoms with Crippen LogP contribution < -0.4 is 10.1 Å². The van der Waals surface area contributed by atoms with Crippen molar-refractivity contribution < 1.29 is 28.1 Å². The Balaban J connectivity index is 1.87. The number of aliphatic hydroxyl groups excluding tert-OH is 2. The molecule has 25 heavy (non-hydrogen) atoms. The van der Waals surface area contributed by atoms with Crippen molar-refractivity contribution in [2.75, 3.05) is 33.4 Å². The fourth-order valence-corrected chi connectivity index (χ4v) is 4.97. The van der Waals surface area contributed by atoms with Gasteiger partial charge in [-0.25, -0.2) is 8.42 Å². The molecule has 0 aliphatic carbocycles. The first-order chi connectivity index (χ1) is 12.0. The van der Waals surface area contributed by atoms with E-state index in [0.29, 0.717) is 43.7 Å². The first kappa shape index (κ1) is 18.6. The minimum Gasteiger partial charge on any atom is -0.496 e. The number of rotatable bonds is 5. The Bertz CT molecular complexity index is 695. The van der Waals surface area contributed by atoms with Crippen LogP contribution in [0.3, 0.4) is 0 Å². The van der Waals surface area contributed by atoms with E-state index in [2.05, 4.69) is 5.32 Å². The van der Waals surface area contributed by atoms with Gasteiger partial charge in [-0.15, -0.1) is 0 Å². The molecule has 2 aliphatic rings. The highest BCUT2D eigenvalue weighted by atomic mass is 32.2. The summed E-state index contributed by atoms with van der Waals surface area (Å²) in [5.74, 6) is 0.252. The molecule has 0 aromatic heterocycles. The van der Waals surface area contributed by atoms with E-state index in [4.69, 9.17) is 9.47 Å². The molecular weight excluding hydrogens is 348 g/mol. The molecule has 0 atom stereocenters. The van der Waals surface area contributed by atoms with E-state index >= 15 is 0 Å².